The molecule has 4 nitrogen and oxygen atoms in total. The molecule has 1 atom stereocenters. The molecule has 0 radical (unpaired) electrons. The van der Waals surface area contributed by atoms with Crippen molar-refractivity contribution in [2.75, 3.05) is 19.6 Å². The van der Waals surface area contributed by atoms with Gasteiger partial charge in [-0.25, -0.2) is 0 Å². The molecule has 0 bridgehead atoms. The van der Waals surface area contributed by atoms with Crippen LogP contribution in [0.4, 0.5) is 0 Å². The van der Waals surface area contributed by atoms with Gasteiger partial charge in [0.15, 0.2) is 0 Å². The highest BCUT2D eigenvalue weighted by molar-refractivity contribution is 5.84. The van der Waals surface area contributed by atoms with Crippen molar-refractivity contribution < 1.29 is 0 Å². The fourth-order valence-electron chi connectivity index (χ4n) is 4.90. The SMILES string of the molecule is Cn1cc(CCCN2CCCC(c3[nH]nc4ccccc34)C2)c2ccccc21. The van der Waals surface area contributed by atoms with E-state index in [1.54, 1.807) is 0 Å². The Balaban J connectivity index is 1.24. The van der Waals surface area contributed by atoms with Crippen LogP contribution in [0.1, 0.15) is 36.4 Å². The van der Waals surface area contributed by atoms with Gasteiger partial charge in [0.05, 0.1) is 5.52 Å². The minimum atomic E-state index is 0.568. The first kappa shape index (κ1) is 17.5. The number of fused-ring (bicyclic) bond motifs is 2. The number of benzene rings is 2. The Labute approximate surface area is 166 Å². The number of nitrogens with zero attached hydrogens (tertiary/aromatic N) is 3. The molecule has 1 aliphatic heterocycles. The summed E-state index contributed by atoms with van der Waals surface area (Å²) in [5.74, 6) is 0.568. The minimum Gasteiger partial charge on any atom is -0.350 e. The van der Waals surface area contributed by atoms with Crippen molar-refractivity contribution in [3.05, 3.63) is 66.0 Å². The Bertz CT molecular complexity index is 1090. The van der Waals surface area contributed by atoms with Crippen molar-refractivity contribution in [1.29, 1.82) is 0 Å². The second kappa shape index (κ2) is 7.44. The zero-order chi connectivity index (χ0) is 18.9. The topological polar surface area (TPSA) is 36.9 Å². The van der Waals surface area contributed by atoms with Crippen molar-refractivity contribution in [3.63, 3.8) is 0 Å². The van der Waals surface area contributed by atoms with Gasteiger partial charge in [0.1, 0.15) is 0 Å². The molecule has 28 heavy (non-hydrogen) atoms. The molecule has 0 aliphatic carbocycles. The number of aryl methyl sites for hydroxylation is 2. The number of aromatic amines is 1. The van der Waals surface area contributed by atoms with E-state index in [1.807, 2.05) is 0 Å². The van der Waals surface area contributed by atoms with Crippen LogP contribution in [0.3, 0.4) is 0 Å². The van der Waals surface area contributed by atoms with Gasteiger partial charge in [-0.05, 0) is 56.5 Å². The summed E-state index contributed by atoms with van der Waals surface area (Å²) in [6, 6.07) is 17.2. The fourth-order valence-corrected chi connectivity index (χ4v) is 4.90. The molecule has 5 rings (SSSR count). The van der Waals surface area contributed by atoms with Crippen LogP contribution >= 0.6 is 0 Å². The standard InChI is InChI=1S/C24H28N4/c1-27-16-18(20-10-3-5-13-23(20)27)8-6-14-28-15-7-9-19(17-28)24-21-11-2-4-12-22(21)25-26-24/h2-5,10-13,16,19H,6-9,14-15,17H2,1H3,(H,25,26). The number of H-pyrrole nitrogens is 1. The lowest BCUT2D eigenvalue weighted by molar-refractivity contribution is 0.204. The molecule has 4 heteroatoms. The predicted molar refractivity (Wildman–Crippen MR) is 116 cm³/mol. The molecule has 0 amide bonds. The number of para-hydroxylation sites is 2. The predicted octanol–water partition coefficient (Wildman–Crippen LogP) is 4.87. The average Bonchev–Trinajstić information content (AvgIpc) is 3.30. The van der Waals surface area contributed by atoms with E-state index in [4.69, 9.17) is 0 Å². The van der Waals surface area contributed by atoms with Gasteiger partial charge in [0.25, 0.3) is 0 Å². The summed E-state index contributed by atoms with van der Waals surface area (Å²) >= 11 is 0. The van der Waals surface area contributed by atoms with Gasteiger partial charge in [-0.15, -0.1) is 0 Å². The Morgan fingerprint density at radius 1 is 1.07 bits per heavy atom. The molecule has 1 aliphatic rings. The largest absolute Gasteiger partial charge is 0.350 e. The van der Waals surface area contributed by atoms with Crippen molar-refractivity contribution in [2.45, 2.75) is 31.6 Å². The molecule has 1 saturated heterocycles. The van der Waals surface area contributed by atoms with E-state index in [9.17, 15) is 0 Å². The number of likely N-dealkylation sites (tertiary alicyclic amines) is 1. The van der Waals surface area contributed by atoms with Gasteiger partial charge >= 0.3 is 0 Å². The van der Waals surface area contributed by atoms with E-state index in [0.717, 1.165) is 18.5 Å². The molecule has 0 spiro atoms. The lowest BCUT2D eigenvalue weighted by Gasteiger charge is -2.32. The number of hydrogen-bond acceptors (Lipinski definition) is 2. The van der Waals surface area contributed by atoms with E-state index in [-0.39, 0.29) is 0 Å². The molecule has 1 fully saturated rings. The van der Waals surface area contributed by atoms with Crippen LogP contribution in [0.5, 0.6) is 0 Å². The smallest absolute Gasteiger partial charge is 0.0923 e. The van der Waals surface area contributed by atoms with Gasteiger partial charge < -0.3 is 9.47 Å². The summed E-state index contributed by atoms with van der Waals surface area (Å²) in [5.41, 5.74) is 5.23. The van der Waals surface area contributed by atoms with E-state index in [0.29, 0.717) is 5.92 Å². The summed E-state index contributed by atoms with van der Waals surface area (Å²) in [6.07, 6.45) is 7.19. The Kier molecular flexibility index (Phi) is 4.65. The zero-order valence-electron chi connectivity index (χ0n) is 16.6. The quantitative estimate of drug-likeness (QED) is 0.543. The first-order chi connectivity index (χ1) is 13.8. The van der Waals surface area contributed by atoms with E-state index in [2.05, 4.69) is 81.4 Å². The third-order valence-corrected chi connectivity index (χ3v) is 6.30. The molecule has 3 heterocycles. The van der Waals surface area contributed by atoms with Crippen LogP contribution in [0, 0.1) is 0 Å². The molecule has 144 valence electrons. The maximum absolute atomic E-state index is 4.51. The highest BCUT2D eigenvalue weighted by Crippen LogP contribution is 2.30. The van der Waals surface area contributed by atoms with Crippen LogP contribution in [-0.2, 0) is 13.5 Å². The number of rotatable bonds is 5. The normalized spacial score (nSPS) is 18.2. The molecule has 0 saturated carbocycles. The number of hydrogen-bond donors (Lipinski definition) is 1. The average molecular weight is 373 g/mol. The van der Waals surface area contributed by atoms with Crippen molar-refractivity contribution >= 4 is 21.8 Å². The van der Waals surface area contributed by atoms with Gasteiger partial charge in [-0.2, -0.15) is 5.10 Å². The molecular formula is C24H28N4. The summed E-state index contributed by atoms with van der Waals surface area (Å²) < 4.78 is 2.25. The molecular weight excluding hydrogens is 344 g/mol. The Morgan fingerprint density at radius 2 is 1.89 bits per heavy atom. The van der Waals surface area contributed by atoms with Crippen molar-refractivity contribution in [3.8, 4) is 0 Å². The Morgan fingerprint density at radius 3 is 2.82 bits per heavy atom. The highest BCUT2D eigenvalue weighted by Gasteiger charge is 2.24. The highest BCUT2D eigenvalue weighted by atomic mass is 15.2. The van der Waals surface area contributed by atoms with Crippen LogP contribution in [-0.4, -0.2) is 39.3 Å². The minimum absolute atomic E-state index is 0.568. The summed E-state index contributed by atoms with van der Waals surface area (Å²) in [4.78, 5) is 2.65. The number of piperidine rings is 1. The fraction of sp³-hybridized carbons (Fsp3) is 0.375. The van der Waals surface area contributed by atoms with Crippen molar-refractivity contribution in [2.24, 2.45) is 7.05 Å². The maximum atomic E-state index is 4.51. The zero-order valence-corrected chi connectivity index (χ0v) is 16.6. The van der Waals surface area contributed by atoms with E-state index >= 15 is 0 Å². The molecule has 4 aromatic rings. The van der Waals surface area contributed by atoms with Crippen LogP contribution in [0.2, 0.25) is 0 Å². The number of aromatic nitrogens is 3. The number of nitrogens with one attached hydrogen (secondary N) is 1. The van der Waals surface area contributed by atoms with Crippen LogP contribution in [0.25, 0.3) is 21.8 Å². The lowest BCUT2D eigenvalue weighted by Crippen LogP contribution is -2.35. The molecule has 1 unspecified atom stereocenters. The van der Waals surface area contributed by atoms with Crippen LogP contribution in [0.15, 0.2) is 54.7 Å². The first-order valence-electron chi connectivity index (χ1n) is 10.5. The lowest BCUT2D eigenvalue weighted by atomic mass is 9.92. The summed E-state index contributed by atoms with van der Waals surface area (Å²) in [7, 11) is 2.15. The summed E-state index contributed by atoms with van der Waals surface area (Å²) in [5, 5.41) is 10.5. The first-order valence-corrected chi connectivity index (χ1v) is 10.5. The Hall–Kier alpha value is -2.59. The third kappa shape index (κ3) is 3.22. The monoisotopic (exact) mass is 372 g/mol. The molecule has 2 aromatic heterocycles. The van der Waals surface area contributed by atoms with Crippen LogP contribution < -0.4 is 0 Å². The second-order valence-electron chi connectivity index (χ2n) is 8.18. The summed E-state index contributed by atoms with van der Waals surface area (Å²) in [6.45, 7) is 3.53. The molecule has 2 aromatic carbocycles. The van der Waals surface area contributed by atoms with E-state index < -0.39 is 0 Å². The van der Waals surface area contributed by atoms with E-state index in [1.165, 1.54) is 59.9 Å². The van der Waals surface area contributed by atoms with Gasteiger partial charge in [-0.1, -0.05) is 36.4 Å². The second-order valence-corrected chi connectivity index (χ2v) is 8.18. The van der Waals surface area contributed by atoms with Gasteiger partial charge in [0.2, 0.25) is 0 Å². The third-order valence-electron chi connectivity index (χ3n) is 6.30. The van der Waals surface area contributed by atoms with Crippen molar-refractivity contribution in [1.82, 2.24) is 19.7 Å². The molecule has 1 N–H and O–H groups in total. The maximum Gasteiger partial charge on any atom is 0.0923 e. The van der Waals surface area contributed by atoms with Gasteiger partial charge in [0, 0.05) is 47.7 Å². The van der Waals surface area contributed by atoms with Gasteiger partial charge in [-0.3, -0.25) is 5.10 Å².